The first-order chi connectivity index (χ1) is 12.1. The molecule has 0 radical (unpaired) electrons. The van der Waals surface area contributed by atoms with Crippen LogP contribution in [-0.4, -0.2) is 36.2 Å². The molecule has 0 aromatic heterocycles. The smallest absolute Gasteiger partial charge is 0.303 e. The first-order valence-corrected chi connectivity index (χ1v) is 9.28. The molecule has 1 atom stereocenters. The minimum Gasteiger partial charge on any atom is -0.481 e. The van der Waals surface area contributed by atoms with Gasteiger partial charge in [-0.25, -0.2) is 0 Å². The maximum absolute atomic E-state index is 12.7. The molecule has 1 aliphatic heterocycles. The lowest BCUT2D eigenvalue weighted by molar-refractivity contribution is -0.136. The van der Waals surface area contributed by atoms with Gasteiger partial charge >= 0.3 is 5.97 Å². The summed E-state index contributed by atoms with van der Waals surface area (Å²) in [4.78, 5) is 23.3. The summed E-state index contributed by atoms with van der Waals surface area (Å²) in [5.74, 6) is -0.847. The molecule has 1 unspecified atom stereocenters. The minimum atomic E-state index is -0.806. The second-order valence-electron chi connectivity index (χ2n) is 7.38. The Balaban J connectivity index is 1.63. The van der Waals surface area contributed by atoms with Crippen molar-refractivity contribution >= 4 is 11.9 Å². The number of ether oxygens (including phenoxy) is 1. The summed E-state index contributed by atoms with van der Waals surface area (Å²) in [5, 5.41) is 12.0. The van der Waals surface area contributed by atoms with E-state index in [-0.39, 0.29) is 23.8 Å². The van der Waals surface area contributed by atoms with Gasteiger partial charge in [-0.1, -0.05) is 31.4 Å². The fourth-order valence-electron chi connectivity index (χ4n) is 4.17. The molecule has 1 aromatic rings. The molecule has 1 spiro atoms. The van der Waals surface area contributed by atoms with Crippen molar-refractivity contribution in [2.75, 3.05) is 13.2 Å². The highest BCUT2D eigenvalue weighted by atomic mass is 16.5. The number of benzene rings is 1. The number of carbonyl (C=O) groups excluding carboxylic acids is 1. The quantitative estimate of drug-likeness (QED) is 0.859. The molecule has 2 aliphatic rings. The van der Waals surface area contributed by atoms with E-state index < -0.39 is 5.97 Å². The molecular formula is C20H27NO4. The lowest BCUT2D eigenvalue weighted by Crippen LogP contribution is -2.54. The minimum absolute atomic E-state index is 0.0402. The van der Waals surface area contributed by atoms with Gasteiger partial charge in [0, 0.05) is 30.0 Å². The zero-order valence-corrected chi connectivity index (χ0v) is 14.6. The summed E-state index contributed by atoms with van der Waals surface area (Å²) >= 11 is 0. The highest BCUT2D eigenvalue weighted by Gasteiger charge is 2.42. The van der Waals surface area contributed by atoms with Gasteiger partial charge in [0.05, 0.1) is 6.61 Å². The Kier molecular flexibility index (Phi) is 5.74. The SMILES string of the molecule is O=C(O)CCc1ccc(C(=O)NC2CCOCC23CCCCC3)cc1. The molecule has 1 saturated heterocycles. The zero-order chi connectivity index (χ0) is 17.7. The number of amides is 1. The lowest BCUT2D eigenvalue weighted by atomic mass is 9.67. The van der Waals surface area contributed by atoms with E-state index in [0.29, 0.717) is 18.6 Å². The Morgan fingerprint density at radius 3 is 2.56 bits per heavy atom. The molecule has 25 heavy (non-hydrogen) atoms. The Bertz CT molecular complexity index is 596. The van der Waals surface area contributed by atoms with E-state index >= 15 is 0 Å². The number of aliphatic carboxylic acids is 1. The monoisotopic (exact) mass is 345 g/mol. The predicted molar refractivity (Wildman–Crippen MR) is 94.6 cm³/mol. The van der Waals surface area contributed by atoms with Crippen LogP contribution in [0.3, 0.4) is 0 Å². The van der Waals surface area contributed by atoms with Crippen molar-refractivity contribution in [2.24, 2.45) is 5.41 Å². The van der Waals surface area contributed by atoms with E-state index in [0.717, 1.165) is 31.4 Å². The third kappa shape index (κ3) is 4.40. The number of carboxylic acid groups (broad SMARTS) is 1. The van der Waals surface area contributed by atoms with Gasteiger partial charge in [0.15, 0.2) is 0 Å². The number of hydrogen-bond acceptors (Lipinski definition) is 3. The summed E-state index contributed by atoms with van der Waals surface area (Å²) < 4.78 is 5.74. The van der Waals surface area contributed by atoms with Crippen molar-refractivity contribution in [3.63, 3.8) is 0 Å². The predicted octanol–water partition coefficient (Wildman–Crippen LogP) is 3.17. The van der Waals surface area contributed by atoms with Crippen LogP contribution in [0.2, 0.25) is 0 Å². The maximum Gasteiger partial charge on any atom is 0.303 e. The van der Waals surface area contributed by atoms with Gasteiger partial charge in [-0.3, -0.25) is 9.59 Å². The van der Waals surface area contributed by atoms with Crippen molar-refractivity contribution in [2.45, 2.75) is 57.4 Å². The topological polar surface area (TPSA) is 75.6 Å². The van der Waals surface area contributed by atoms with E-state index in [1.165, 1.54) is 19.3 Å². The second kappa shape index (κ2) is 8.00. The number of aryl methyl sites for hydroxylation is 1. The van der Waals surface area contributed by atoms with E-state index in [4.69, 9.17) is 9.84 Å². The van der Waals surface area contributed by atoms with Crippen molar-refractivity contribution in [1.29, 1.82) is 0 Å². The largest absolute Gasteiger partial charge is 0.481 e. The Morgan fingerprint density at radius 1 is 1.16 bits per heavy atom. The molecule has 5 nitrogen and oxygen atoms in total. The van der Waals surface area contributed by atoms with Crippen molar-refractivity contribution in [3.8, 4) is 0 Å². The van der Waals surface area contributed by atoms with Crippen LogP contribution in [0.4, 0.5) is 0 Å². The lowest BCUT2D eigenvalue weighted by Gasteiger charge is -2.46. The first-order valence-electron chi connectivity index (χ1n) is 9.28. The van der Waals surface area contributed by atoms with E-state index in [2.05, 4.69) is 5.32 Å². The van der Waals surface area contributed by atoms with Crippen LogP contribution < -0.4 is 5.32 Å². The summed E-state index contributed by atoms with van der Waals surface area (Å²) in [5.41, 5.74) is 1.68. The number of rotatable bonds is 5. The summed E-state index contributed by atoms with van der Waals surface area (Å²) in [6.45, 7) is 1.47. The fourth-order valence-corrected chi connectivity index (χ4v) is 4.17. The summed E-state index contributed by atoms with van der Waals surface area (Å²) in [6.07, 6.45) is 7.44. The van der Waals surface area contributed by atoms with Gasteiger partial charge in [0.1, 0.15) is 0 Å². The average molecular weight is 345 g/mol. The molecule has 1 heterocycles. The normalized spacial score (nSPS) is 22.5. The maximum atomic E-state index is 12.7. The highest BCUT2D eigenvalue weighted by Crippen LogP contribution is 2.42. The van der Waals surface area contributed by atoms with Gasteiger partial charge < -0.3 is 15.2 Å². The van der Waals surface area contributed by atoms with Crippen LogP contribution in [0.1, 0.15) is 60.9 Å². The Morgan fingerprint density at radius 2 is 1.88 bits per heavy atom. The van der Waals surface area contributed by atoms with Crippen LogP contribution in [0.25, 0.3) is 0 Å². The number of hydrogen-bond donors (Lipinski definition) is 2. The molecule has 5 heteroatoms. The van der Waals surface area contributed by atoms with Gasteiger partial charge in [-0.15, -0.1) is 0 Å². The first kappa shape index (κ1) is 17.9. The van der Waals surface area contributed by atoms with Crippen LogP contribution in [0.5, 0.6) is 0 Å². The van der Waals surface area contributed by atoms with Crippen LogP contribution in [-0.2, 0) is 16.0 Å². The third-order valence-electron chi connectivity index (χ3n) is 5.68. The molecule has 1 saturated carbocycles. The van der Waals surface area contributed by atoms with E-state index in [9.17, 15) is 9.59 Å². The summed E-state index contributed by atoms with van der Waals surface area (Å²) in [7, 11) is 0. The van der Waals surface area contributed by atoms with Crippen LogP contribution >= 0.6 is 0 Å². The molecule has 2 fully saturated rings. The molecule has 2 N–H and O–H groups in total. The Labute approximate surface area is 148 Å². The van der Waals surface area contributed by atoms with Gasteiger partial charge in [0.2, 0.25) is 0 Å². The molecule has 1 aliphatic carbocycles. The van der Waals surface area contributed by atoms with Gasteiger partial charge in [0.25, 0.3) is 5.91 Å². The molecule has 0 bridgehead atoms. The standard InChI is InChI=1S/C20H27NO4/c22-18(23)9-6-15-4-7-16(8-5-15)19(24)21-17-10-13-25-14-20(17)11-2-1-3-12-20/h4-5,7-8,17H,1-3,6,9-14H2,(H,21,24)(H,22,23). The van der Waals surface area contributed by atoms with Crippen molar-refractivity contribution in [1.82, 2.24) is 5.32 Å². The average Bonchev–Trinajstić information content (AvgIpc) is 2.63. The molecule has 1 amide bonds. The third-order valence-corrected chi connectivity index (χ3v) is 5.68. The fraction of sp³-hybridized carbons (Fsp3) is 0.600. The number of nitrogens with one attached hydrogen (secondary N) is 1. The Hall–Kier alpha value is -1.88. The highest BCUT2D eigenvalue weighted by molar-refractivity contribution is 5.94. The van der Waals surface area contributed by atoms with Crippen LogP contribution in [0.15, 0.2) is 24.3 Å². The summed E-state index contributed by atoms with van der Waals surface area (Å²) in [6, 6.07) is 7.45. The van der Waals surface area contributed by atoms with Crippen LogP contribution in [0, 0.1) is 5.41 Å². The number of carbonyl (C=O) groups is 2. The molecule has 3 rings (SSSR count). The molecular weight excluding hydrogens is 318 g/mol. The number of carboxylic acids is 1. The van der Waals surface area contributed by atoms with Crippen molar-refractivity contribution < 1.29 is 19.4 Å². The molecule has 136 valence electrons. The molecule has 1 aromatic carbocycles. The van der Waals surface area contributed by atoms with Gasteiger partial charge in [-0.2, -0.15) is 0 Å². The van der Waals surface area contributed by atoms with Gasteiger partial charge in [-0.05, 0) is 43.4 Å². The van der Waals surface area contributed by atoms with Crippen molar-refractivity contribution in [3.05, 3.63) is 35.4 Å². The van der Waals surface area contributed by atoms with E-state index in [1.807, 2.05) is 12.1 Å². The second-order valence-corrected chi connectivity index (χ2v) is 7.38. The zero-order valence-electron chi connectivity index (χ0n) is 14.6. The van der Waals surface area contributed by atoms with E-state index in [1.54, 1.807) is 12.1 Å².